The predicted molar refractivity (Wildman–Crippen MR) is 77.3 cm³/mol. The first kappa shape index (κ1) is 13.3. The highest BCUT2D eigenvalue weighted by atomic mass is 35.5. The Kier molecular flexibility index (Phi) is 3.14. The lowest BCUT2D eigenvalue weighted by atomic mass is 10.2. The van der Waals surface area contributed by atoms with Crippen molar-refractivity contribution in [2.24, 2.45) is 0 Å². The molecule has 1 aliphatic rings. The lowest BCUT2D eigenvalue weighted by molar-refractivity contribution is 0.602. The van der Waals surface area contributed by atoms with Gasteiger partial charge in [-0.3, -0.25) is 0 Å². The fourth-order valence-electron chi connectivity index (χ4n) is 2.32. The van der Waals surface area contributed by atoms with Crippen LogP contribution in [0.2, 0.25) is 5.15 Å². The number of benzene rings is 1. The van der Waals surface area contributed by atoms with Gasteiger partial charge in [0.25, 0.3) is 0 Å². The molecule has 0 unspecified atom stereocenters. The normalized spacial score (nSPS) is 14.4. The van der Waals surface area contributed by atoms with Crippen molar-refractivity contribution in [3.63, 3.8) is 0 Å². The Hall–Kier alpha value is -1.66. The molecule has 5 nitrogen and oxygen atoms in total. The minimum absolute atomic E-state index is 0.346. The van der Waals surface area contributed by atoms with E-state index in [0.717, 1.165) is 30.0 Å². The molecule has 104 valence electrons. The molecule has 0 spiro atoms. The second kappa shape index (κ2) is 4.71. The number of rotatable bonds is 2. The van der Waals surface area contributed by atoms with E-state index >= 15 is 0 Å². The van der Waals surface area contributed by atoms with Gasteiger partial charge >= 0.3 is 0 Å². The molecule has 0 aliphatic carbocycles. The number of hydrogen-bond donors (Lipinski definition) is 0. The first-order valence-corrected chi connectivity index (χ1v) is 8.30. The van der Waals surface area contributed by atoms with E-state index in [-0.39, 0.29) is 0 Å². The van der Waals surface area contributed by atoms with Crippen molar-refractivity contribution in [1.29, 1.82) is 0 Å². The van der Waals surface area contributed by atoms with Crippen molar-refractivity contribution >= 4 is 32.9 Å². The van der Waals surface area contributed by atoms with Crippen molar-refractivity contribution in [1.82, 2.24) is 9.97 Å². The fraction of sp³-hybridized carbons (Fsp3) is 0.231. The SMILES string of the molecule is CS(=O)(=O)c1ccc2c(c1)CCN2c1cc(Cl)ncn1. The molecular weight excluding hydrogens is 298 g/mol. The quantitative estimate of drug-likeness (QED) is 0.796. The molecule has 0 saturated carbocycles. The average molecular weight is 310 g/mol. The van der Waals surface area contributed by atoms with E-state index in [1.165, 1.54) is 12.6 Å². The lowest BCUT2D eigenvalue weighted by Gasteiger charge is -2.18. The summed E-state index contributed by atoms with van der Waals surface area (Å²) in [6, 6.07) is 6.86. The summed E-state index contributed by atoms with van der Waals surface area (Å²) in [5.41, 5.74) is 1.97. The van der Waals surface area contributed by atoms with E-state index in [2.05, 4.69) is 9.97 Å². The number of aromatic nitrogens is 2. The molecule has 1 aromatic carbocycles. The Labute approximate surface area is 122 Å². The van der Waals surface area contributed by atoms with Gasteiger partial charge in [-0.05, 0) is 30.2 Å². The van der Waals surface area contributed by atoms with Crippen LogP contribution in [-0.4, -0.2) is 31.2 Å². The third kappa shape index (κ3) is 2.36. The van der Waals surface area contributed by atoms with Crippen LogP contribution in [0.4, 0.5) is 11.5 Å². The van der Waals surface area contributed by atoms with E-state index in [1.807, 2.05) is 11.0 Å². The maximum absolute atomic E-state index is 11.6. The summed E-state index contributed by atoms with van der Waals surface area (Å²) in [6.07, 6.45) is 3.41. The number of nitrogens with zero attached hydrogens (tertiary/aromatic N) is 3. The lowest BCUT2D eigenvalue weighted by Crippen LogP contribution is -2.14. The largest absolute Gasteiger partial charge is 0.326 e. The fourth-order valence-corrected chi connectivity index (χ4v) is 3.13. The molecule has 0 amide bonds. The molecule has 20 heavy (non-hydrogen) atoms. The number of halogens is 1. The Bertz CT molecular complexity index is 777. The first-order chi connectivity index (χ1) is 9.45. The molecule has 0 N–H and O–H groups in total. The zero-order valence-corrected chi connectivity index (χ0v) is 12.3. The Morgan fingerprint density at radius 1 is 1.25 bits per heavy atom. The van der Waals surface area contributed by atoms with Crippen molar-refractivity contribution < 1.29 is 8.42 Å². The highest BCUT2D eigenvalue weighted by molar-refractivity contribution is 7.90. The van der Waals surface area contributed by atoms with Crippen LogP contribution in [-0.2, 0) is 16.3 Å². The van der Waals surface area contributed by atoms with Crippen LogP contribution in [0.3, 0.4) is 0 Å². The van der Waals surface area contributed by atoms with Gasteiger partial charge in [-0.25, -0.2) is 18.4 Å². The van der Waals surface area contributed by atoms with Crippen LogP contribution >= 0.6 is 11.6 Å². The van der Waals surface area contributed by atoms with Gasteiger partial charge in [-0.1, -0.05) is 11.6 Å². The molecule has 1 aromatic heterocycles. The molecule has 0 saturated heterocycles. The van der Waals surface area contributed by atoms with Crippen molar-refractivity contribution in [3.05, 3.63) is 41.3 Å². The summed E-state index contributed by atoms with van der Waals surface area (Å²) in [4.78, 5) is 10.4. The van der Waals surface area contributed by atoms with Crippen LogP contribution in [0.25, 0.3) is 0 Å². The van der Waals surface area contributed by atoms with Gasteiger partial charge < -0.3 is 4.90 Å². The first-order valence-electron chi connectivity index (χ1n) is 6.03. The second-order valence-electron chi connectivity index (χ2n) is 4.66. The van der Waals surface area contributed by atoms with E-state index in [1.54, 1.807) is 18.2 Å². The Balaban J connectivity index is 2.03. The molecule has 0 fully saturated rings. The molecular formula is C13H12ClN3O2S. The molecule has 1 aliphatic heterocycles. The topological polar surface area (TPSA) is 63.2 Å². The Morgan fingerprint density at radius 3 is 2.75 bits per heavy atom. The van der Waals surface area contributed by atoms with Crippen LogP contribution in [0.15, 0.2) is 35.5 Å². The molecule has 0 radical (unpaired) electrons. The van der Waals surface area contributed by atoms with E-state index < -0.39 is 9.84 Å². The number of hydrogen-bond acceptors (Lipinski definition) is 5. The van der Waals surface area contributed by atoms with Gasteiger partial charge in [0, 0.05) is 24.6 Å². The van der Waals surface area contributed by atoms with Crippen molar-refractivity contribution in [2.75, 3.05) is 17.7 Å². The summed E-state index contributed by atoms with van der Waals surface area (Å²) in [5, 5.41) is 0.385. The zero-order valence-electron chi connectivity index (χ0n) is 10.7. The summed E-state index contributed by atoms with van der Waals surface area (Å²) in [7, 11) is -3.18. The van der Waals surface area contributed by atoms with Crippen LogP contribution in [0.5, 0.6) is 0 Å². The minimum atomic E-state index is -3.18. The standard InChI is InChI=1S/C13H12ClN3O2S/c1-20(18,19)10-2-3-11-9(6-10)4-5-17(11)13-7-12(14)15-8-16-13/h2-3,6-8H,4-5H2,1H3. The van der Waals surface area contributed by atoms with Gasteiger partial charge in [0.15, 0.2) is 9.84 Å². The number of anilines is 2. The van der Waals surface area contributed by atoms with Gasteiger partial charge in [-0.15, -0.1) is 0 Å². The smallest absolute Gasteiger partial charge is 0.175 e. The van der Waals surface area contributed by atoms with Gasteiger partial charge in [0.05, 0.1) is 4.90 Å². The van der Waals surface area contributed by atoms with Gasteiger partial charge in [-0.2, -0.15) is 0 Å². The summed E-state index contributed by atoms with van der Waals surface area (Å²) in [5.74, 6) is 0.718. The molecule has 3 rings (SSSR count). The maximum Gasteiger partial charge on any atom is 0.175 e. The minimum Gasteiger partial charge on any atom is -0.326 e. The summed E-state index contributed by atoms with van der Waals surface area (Å²) >= 11 is 5.88. The van der Waals surface area contributed by atoms with Gasteiger partial charge in [0.2, 0.25) is 0 Å². The van der Waals surface area contributed by atoms with E-state index in [4.69, 9.17) is 11.6 Å². The molecule has 0 atom stereocenters. The third-order valence-corrected chi connectivity index (χ3v) is 4.59. The zero-order chi connectivity index (χ0) is 14.3. The molecule has 7 heteroatoms. The monoisotopic (exact) mass is 309 g/mol. The average Bonchev–Trinajstić information content (AvgIpc) is 2.80. The maximum atomic E-state index is 11.6. The summed E-state index contributed by atoms with van der Waals surface area (Å²) in [6.45, 7) is 0.746. The van der Waals surface area contributed by atoms with Gasteiger partial charge in [0.1, 0.15) is 17.3 Å². The highest BCUT2D eigenvalue weighted by Gasteiger charge is 2.23. The van der Waals surface area contributed by atoms with Crippen LogP contribution < -0.4 is 4.90 Å². The van der Waals surface area contributed by atoms with Crippen molar-refractivity contribution in [3.8, 4) is 0 Å². The highest BCUT2D eigenvalue weighted by Crippen LogP contribution is 2.35. The van der Waals surface area contributed by atoms with Crippen LogP contribution in [0.1, 0.15) is 5.56 Å². The van der Waals surface area contributed by atoms with Crippen LogP contribution in [0, 0.1) is 0 Å². The Morgan fingerprint density at radius 2 is 2.05 bits per heavy atom. The number of sulfone groups is 1. The number of fused-ring (bicyclic) bond motifs is 1. The summed E-state index contributed by atoms with van der Waals surface area (Å²) < 4.78 is 23.2. The van der Waals surface area contributed by atoms with E-state index in [9.17, 15) is 8.42 Å². The van der Waals surface area contributed by atoms with E-state index in [0.29, 0.717) is 10.0 Å². The second-order valence-corrected chi connectivity index (χ2v) is 7.07. The third-order valence-electron chi connectivity index (χ3n) is 3.27. The van der Waals surface area contributed by atoms with Crippen molar-refractivity contribution in [2.45, 2.75) is 11.3 Å². The predicted octanol–water partition coefficient (Wildman–Crippen LogP) is 2.23. The molecule has 0 bridgehead atoms. The molecule has 2 heterocycles. The molecule has 2 aromatic rings.